The van der Waals surface area contributed by atoms with Gasteiger partial charge in [0.1, 0.15) is 11.8 Å². The van der Waals surface area contributed by atoms with Crippen LogP contribution in [0.15, 0.2) is 42.6 Å². The second-order valence-electron chi connectivity index (χ2n) is 8.97. The molecule has 0 bridgehead atoms. The summed E-state index contributed by atoms with van der Waals surface area (Å²) in [7, 11) is 1.64. The van der Waals surface area contributed by atoms with Crippen LogP contribution in [0.4, 0.5) is 5.69 Å². The Morgan fingerprint density at radius 3 is 2.74 bits per heavy atom. The highest BCUT2D eigenvalue weighted by Crippen LogP contribution is 2.26. The van der Waals surface area contributed by atoms with Gasteiger partial charge in [-0.3, -0.25) is 15.1 Å². The minimum absolute atomic E-state index is 0.208. The molecule has 1 saturated heterocycles. The van der Waals surface area contributed by atoms with Gasteiger partial charge in [-0.05, 0) is 68.1 Å². The van der Waals surface area contributed by atoms with Crippen LogP contribution in [0.1, 0.15) is 42.0 Å². The second-order valence-corrected chi connectivity index (χ2v) is 8.97. The molecule has 1 fully saturated rings. The summed E-state index contributed by atoms with van der Waals surface area (Å²) in [6.45, 7) is 5.39. The molecule has 0 saturated carbocycles. The number of fused-ring (bicyclic) bond motifs is 1. The number of methoxy groups -OCH3 is 1. The van der Waals surface area contributed by atoms with E-state index in [-0.39, 0.29) is 10.6 Å². The number of aryl methyl sites for hydroxylation is 1. The van der Waals surface area contributed by atoms with Crippen LogP contribution in [-0.4, -0.2) is 47.6 Å². The van der Waals surface area contributed by atoms with E-state index < -0.39 is 0 Å². The maximum atomic E-state index is 11.3. The molecule has 1 aliphatic heterocycles. The summed E-state index contributed by atoms with van der Waals surface area (Å²) in [4.78, 5) is 17.9. The predicted octanol–water partition coefficient (Wildman–Crippen LogP) is 4.38. The van der Waals surface area contributed by atoms with Crippen molar-refractivity contribution in [3.05, 3.63) is 75.0 Å². The number of nitrogens with one attached hydrogen (secondary N) is 1. The standard InChI is InChI=1S/C27H31N5O3/c1-3-20-5-4-19(14-27(20)32(33)34)17-29-22-8-11-31(12-9-22)13-10-24-21(16-28)18-30-26-7-6-23(35-2)15-25(24)26/h4-7,14-15,18,22,29H,3,8-13,17H2,1-2H3. The van der Waals surface area contributed by atoms with Crippen molar-refractivity contribution in [2.75, 3.05) is 26.7 Å². The fourth-order valence-electron chi connectivity index (χ4n) is 4.80. The molecule has 0 radical (unpaired) electrons. The van der Waals surface area contributed by atoms with E-state index >= 15 is 0 Å². The molecule has 1 N–H and O–H groups in total. The van der Waals surface area contributed by atoms with E-state index in [9.17, 15) is 15.4 Å². The maximum absolute atomic E-state index is 11.3. The molecule has 0 atom stereocenters. The third-order valence-electron chi connectivity index (χ3n) is 6.89. The molecule has 1 aliphatic rings. The highest BCUT2D eigenvalue weighted by Gasteiger charge is 2.20. The second kappa shape index (κ2) is 11.3. The number of hydrogen-bond donors (Lipinski definition) is 1. The molecule has 1 aromatic heterocycles. The largest absolute Gasteiger partial charge is 0.497 e. The SMILES string of the molecule is CCc1ccc(CNC2CCN(CCc3c(C#N)cnc4ccc(OC)cc34)CC2)cc1[N+](=O)[O-]. The molecular formula is C27H31N5O3. The lowest BCUT2D eigenvalue weighted by molar-refractivity contribution is -0.385. The van der Waals surface area contributed by atoms with Gasteiger partial charge < -0.3 is 15.0 Å². The molecule has 3 aromatic rings. The zero-order valence-corrected chi connectivity index (χ0v) is 20.3. The van der Waals surface area contributed by atoms with Crippen molar-refractivity contribution in [3.63, 3.8) is 0 Å². The number of likely N-dealkylation sites (tertiary alicyclic amines) is 1. The lowest BCUT2D eigenvalue weighted by Crippen LogP contribution is -2.42. The monoisotopic (exact) mass is 473 g/mol. The van der Waals surface area contributed by atoms with Crippen LogP contribution < -0.4 is 10.1 Å². The molecule has 35 heavy (non-hydrogen) atoms. The summed E-state index contributed by atoms with van der Waals surface area (Å²) in [6, 6.07) is 14.0. The van der Waals surface area contributed by atoms with Crippen LogP contribution in [0.5, 0.6) is 5.75 Å². The molecule has 182 valence electrons. The van der Waals surface area contributed by atoms with Crippen LogP contribution in [0, 0.1) is 21.4 Å². The summed E-state index contributed by atoms with van der Waals surface area (Å²) in [5, 5.41) is 25.5. The number of piperidine rings is 1. The average molecular weight is 474 g/mol. The van der Waals surface area contributed by atoms with Crippen LogP contribution in [0.3, 0.4) is 0 Å². The molecule has 0 unspecified atom stereocenters. The van der Waals surface area contributed by atoms with Gasteiger partial charge in [0.15, 0.2) is 0 Å². The number of nitriles is 1. The molecular weight excluding hydrogens is 442 g/mol. The summed E-state index contributed by atoms with van der Waals surface area (Å²) < 4.78 is 5.38. The highest BCUT2D eigenvalue weighted by molar-refractivity contribution is 5.85. The molecule has 2 heterocycles. The summed E-state index contributed by atoms with van der Waals surface area (Å²) >= 11 is 0. The third-order valence-corrected chi connectivity index (χ3v) is 6.89. The van der Waals surface area contributed by atoms with E-state index in [2.05, 4.69) is 21.3 Å². The minimum atomic E-state index is -0.291. The van der Waals surface area contributed by atoms with E-state index in [1.165, 1.54) is 0 Å². The van der Waals surface area contributed by atoms with E-state index in [1.54, 1.807) is 19.4 Å². The van der Waals surface area contributed by atoms with Crippen molar-refractivity contribution in [3.8, 4) is 11.8 Å². The average Bonchev–Trinajstić information content (AvgIpc) is 2.90. The van der Waals surface area contributed by atoms with Gasteiger partial charge in [0.25, 0.3) is 5.69 Å². The van der Waals surface area contributed by atoms with Crippen LogP contribution in [-0.2, 0) is 19.4 Å². The number of benzene rings is 2. The number of ether oxygens (including phenoxy) is 1. The summed E-state index contributed by atoms with van der Waals surface area (Å²) in [5.41, 5.74) is 4.43. The predicted molar refractivity (Wildman–Crippen MR) is 135 cm³/mol. The fraction of sp³-hybridized carbons (Fsp3) is 0.407. The topological polar surface area (TPSA) is 104 Å². The zero-order valence-electron chi connectivity index (χ0n) is 20.3. The Kier molecular flexibility index (Phi) is 7.91. The first kappa shape index (κ1) is 24.6. The summed E-state index contributed by atoms with van der Waals surface area (Å²) in [5.74, 6) is 0.761. The lowest BCUT2D eigenvalue weighted by atomic mass is 9.99. The highest BCUT2D eigenvalue weighted by atomic mass is 16.6. The minimum Gasteiger partial charge on any atom is -0.497 e. The van der Waals surface area contributed by atoms with Crippen molar-refractivity contribution >= 4 is 16.6 Å². The molecule has 0 spiro atoms. The Hall–Kier alpha value is -3.54. The van der Waals surface area contributed by atoms with E-state index in [4.69, 9.17) is 4.74 Å². The number of nitrogens with zero attached hydrogens (tertiary/aromatic N) is 4. The Labute approximate surface area is 205 Å². The van der Waals surface area contributed by atoms with Gasteiger partial charge in [-0.1, -0.05) is 19.1 Å². The number of pyridine rings is 1. The van der Waals surface area contributed by atoms with Gasteiger partial charge in [-0.25, -0.2) is 0 Å². The maximum Gasteiger partial charge on any atom is 0.272 e. The Bertz CT molecular complexity index is 1250. The first-order chi connectivity index (χ1) is 17.0. The van der Waals surface area contributed by atoms with E-state index in [0.29, 0.717) is 24.6 Å². The zero-order chi connectivity index (χ0) is 24.8. The van der Waals surface area contributed by atoms with Crippen LogP contribution in [0.25, 0.3) is 10.9 Å². The number of rotatable bonds is 9. The van der Waals surface area contributed by atoms with Crippen molar-refractivity contribution in [2.24, 2.45) is 0 Å². The Balaban J connectivity index is 1.33. The van der Waals surface area contributed by atoms with Gasteiger partial charge in [0, 0.05) is 42.3 Å². The Morgan fingerprint density at radius 1 is 1.26 bits per heavy atom. The summed E-state index contributed by atoms with van der Waals surface area (Å²) in [6.07, 6.45) is 5.13. The van der Waals surface area contributed by atoms with Crippen molar-refractivity contribution in [2.45, 2.75) is 45.2 Å². The number of nitro groups is 1. The molecule has 0 amide bonds. The van der Waals surface area contributed by atoms with Crippen molar-refractivity contribution < 1.29 is 9.66 Å². The first-order valence-corrected chi connectivity index (χ1v) is 12.1. The number of aromatic nitrogens is 1. The van der Waals surface area contributed by atoms with Crippen molar-refractivity contribution in [1.29, 1.82) is 5.26 Å². The molecule has 8 nitrogen and oxygen atoms in total. The Morgan fingerprint density at radius 2 is 2.06 bits per heavy atom. The van der Waals surface area contributed by atoms with E-state index in [0.717, 1.165) is 72.2 Å². The normalized spacial score (nSPS) is 14.7. The van der Waals surface area contributed by atoms with Gasteiger partial charge >= 0.3 is 0 Å². The lowest BCUT2D eigenvalue weighted by Gasteiger charge is -2.32. The third kappa shape index (κ3) is 5.76. The molecule has 8 heteroatoms. The molecule has 0 aliphatic carbocycles. The van der Waals surface area contributed by atoms with Crippen molar-refractivity contribution in [1.82, 2.24) is 15.2 Å². The number of hydrogen-bond acceptors (Lipinski definition) is 7. The number of nitro benzene ring substituents is 1. The van der Waals surface area contributed by atoms with Gasteiger partial charge in [-0.2, -0.15) is 5.26 Å². The fourth-order valence-corrected chi connectivity index (χ4v) is 4.80. The van der Waals surface area contributed by atoms with Gasteiger partial charge in [0.2, 0.25) is 0 Å². The van der Waals surface area contributed by atoms with E-state index in [1.807, 2.05) is 37.3 Å². The van der Waals surface area contributed by atoms with Gasteiger partial charge in [0.05, 0.1) is 23.1 Å². The first-order valence-electron chi connectivity index (χ1n) is 12.1. The van der Waals surface area contributed by atoms with Crippen LogP contribution >= 0.6 is 0 Å². The van der Waals surface area contributed by atoms with Gasteiger partial charge in [-0.15, -0.1) is 0 Å². The van der Waals surface area contributed by atoms with Crippen LogP contribution in [0.2, 0.25) is 0 Å². The molecule has 2 aromatic carbocycles. The smallest absolute Gasteiger partial charge is 0.272 e. The quantitative estimate of drug-likeness (QED) is 0.363. The molecule has 4 rings (SSSR count).